The Morgan fingerprint density at radius 1 is 1.42 bits per heavy atom. The quantitative estimate of drug-likeness (QED) is 0.899. The molecule has 0 bridgehead atoms. The summed E-state index contributed by atoms with van der Waals surface area (Å²) in [6, 6.07) is 5.71. The van der Waals surface area contributed by atoms with Gasteiger partial charge < -0.3 is 15.2 Å². The van der Waals surface area contributed by atoms with Gasteiger partial charge in [-0.05, 0) is 24.6 Å². The molecule has 1 aromatic carbocycles. The molecule has 0 unspecified atom stereocenters. The van der Waals surface area contributed by atoms with Crippen LogP contribution in [0.5, 0.6) is 5.75 Å². The predicted octanol–water partition coefficient (Wildman–Crippen LogP) is 2.07. The summed E-state index contributed by atoms with van der Waals surface area (Å²) < 4.78 is 11.0. The Balaban J connectivity index is 1.82. The van der Waals surface area contributed by atoms with Crippen LogP contribution in [0.4, 0.5) is 0 Å². The molecule has 1 fully saturated rings. The fourth-order valence-corrected chi connectivity index (χ4v) is 2.27. The largest absolute Gasteiger partial charge is 0.491 e. The van der Waals surface area contributed by atoms with E-state index in [4.69, 9.17) is 26.8 Å². The summed E-state index contributed by atoms with van der Waals surface area (Å²) in [7, 11) is 0. The minimum Gasteiger partial charge on any atom is -0.491 e. The third-order valence-electron chi connectivity index (χ3n) is 3.25. The van der Waals surface area contributed by atoms with Gasteiger partial charge in [0.25, 0.3) is 0 Å². The SMILES string of the molecule is C[C@@H](N)c1ccc(OCCN2CCOCC2)c(Cl)c1. The van der Waals surface area contributed by atoms with Crippen LogP contribution in [0.25, 0.3) is 0 Å². The molecule has 0 aliphatic carbocycles. The second-order valence-electron chi connectivity index (χ2n) is 4.78. The minimum absolute atomic E-state index is 0.0140. The van der Waals surface area contributed by atoms with Crippen LogP contribution in [-0.4, -0.2) is 44.4 Å². The maximum Gasteiger partial charge on any atom is 0.137 e. The molecule has 106 valence electrons. The summed E-state index contributed by atoms with van der Waals surface area (Å²) in [6.45, 7) is 7.03. The van der Waals surface area contributed by atoms with Gasteiger partial charge in [0, 0.05) is 25.7 Å². The number of ether oxygens (including phenoxy) is 2. The smallest absolute Gasteiger partial charge is 0.137 e. The van der Waals surface area contributed by atoms with E-state index >= 15 is 0 Å². The van der Waals surface area contributed by atoms with Crippen LogP contribution in [0.1, 0.15) is 18.5 Å². The van der Waals surface area contributed by atoms with Crippen LogP contribution in [0.2, 0.25) is 5.02 Å². The third kappa shape index (κ3) is 4.35. The zero-order valence-electron chi connectivity index (χ0n) is 11.3. The van der Waals surface area contributed by atoms with Crippen molar-refractivity contribution in [3.05, 3.63) is 28.8 Å². The van der Waals surface area contributed by atoms with Crippen molar-refractivity contribution in [3.8, 4) is 5.75 Å². The standard InChI is InChI=1S/C14H21ClN2O2/c1-11(16)12-2-3-14(13(15)10-12)19-9-6-17-4-7-18-8-5-17/h2-3,10-11H,4-9,16H2,1H3/t11-/m1/s1. The second-order valence-corrected chi connectivity index (χ2v) is 5.19. The zero-order valence-corrected chi connectivity index (χ0v) is 12.0. The van der Waals surface area contributed by atoms with Gasteiger partial charge in [0.15, 0.2) is 0 Å². The number of halogens is 1. The lowest BCUT2D eigenvalue weighted by atomic mass is 10.1. The van der Waals surface area contributed by atoms with Crippen molar-refractivity contribution in [1.82, 2.24) is 4.90 Å². The Kier molecular flexibility index (Phi) is 5.45. The minimum atomic E-state index is -0.0140. The molecule has 0 radical (unpaired) electrons. The summed E-state index contributed by atoms with van der Waals surface area (Å²) >= 11 is 6.18. The van der Waals surface area contributed by atoms with Crippen molar-refractivity contribution in [2.24, 2.45) is 5.73 Å². The van der Waals surface area contributed by atoms with Crippen LogP contribution in [0.15, 0.2) is 18.2 Å². The first-order chi connectivity index (χ1) is 9.16. The van der Waals surface area contributed by atoms with Gasteiger partial charge in [0.1, 0.15) is 12.4 Å². The molecule has 2 N–H and O–H groups in total. The van der Waals surface area contributed by atoms with Crippen LogP contribution in [0, 0.1) is 0 Å². The molecule has 1 aliphatic heterocycles. The molecule has 1 atom stereocenters. The molecule has 1 aliphatic rings. The van der Waals surface area contributed by atoms with Gasteiger partial charge in [-0.3, -0.25) is 4.90 Å². The predicted molar refractivity (Wildman–Crippen MR) is 76.8 cm³/mol. The van der Waals surface area contributed by atoms with Crippen LogP contribution < -0.4 is 10.5 Å². The molecule has 0 saturated carbocycles. The van der Waals surface area contributed by atoms with E-state index in [-0.39, 0.29) is 6.04 Å². The van der Waals surface area contributed by atoms with E-state index in [0.717, 1.165) is 44.2 Å². The molecule has 4 nitrogen and oxygen atoms in total. The van der Waals surface area contributed by atoms with E-state index in [2.05, 4.69) is 4.90 Å². The summed E-state index contributed by atoms with van der Waals surface area (Å²) in [6.07, 6.45) is 0. The third-order valence-corrected chi connectivity index (χ3v) is 3.55. The highest BCUT2D eigenvalue weighted by atomic mass is 35.5. The molecule has 1 heterocycles. The maximum atomic E-state index is 6.18. The fourth-order valence-electron chi connectivity index (χ4n) is 2.03. The van der Waals surface area contributed by atoms with E-state index in [1.807, 2.05) is 25.1 Å². The summed E-state index contributed by atoms with van der Waals surface area (Å²) in [4.78, 5) is 2.33. The lowest BCUT2D eigenvalue weighted by Crippen LogP contribution is -2.38. The van der Waals surface area contributed by atoms with Crippen molar-refractivity contribution >= 4 is 11.6 Å². The Hall–Kier alpha value is -0.810. The lowest BCUT2D eigenvalue weighted by molar-refractivity contribution is 0.0322. The van der Waals surface area contributed by atoms with Crippen molar-refractivity contribution in [2.45, 2.75) is 13.0 Å². The number of hydrogen-bond acceptors (Lipinski definition) is 4. The molecule has 0 aromatic heterocycles. The molecular formula is C14H21ClN2O2. The summed E-state index contributed by atoms with van der Waals surface area (Å²) in [5.74, 6) is 0.722. The van der Waals surface area contributed by atoms with Gasteiger partial charge in [-0.2, -0.15) is 0 Å². The number of morpholine rings is 1. The van der Waals surface area contributed by atoms with E-state index in [9.17, 15) is 0 Å². The monoisotopic (exact) mass is 284 g/mol. The Bertz CT molecular complexity index is 406. The number of nitrogens with two attached hydrogens (primary N) is 1. The molecule has 0 spiro atoms. The average molecular weight is 285 g/mol. The van der Waals surface area contributed by atoms with E-state index in [1.54, 1.807) is 0 Å². The molecule has 1 aromatic rings. The normalized spacial score (nSPS) is 18.3. The van der Waals surface area contributed by atoms with E-state index in [0.29, 0.717) is 11.6 Å². The highest BCUT2D eigenvalue weighted by Gasteiger charge is 2.11. The first-order valence-corrected chi connectivity index (χ1v) is 7.02. The van der Waals surface area contributed by atoms with E-state index < -0.39 is 0 Å². The Morgan fingerprint density at radius 3 is 2.79 bits per heavy atom. The molecule has 19 heavy (non-hydrogen) atoms. The second kappa shape index (κ2) is 7.10. The Labute approximate surface area is 119 Å². The first kappa shape index (κ1) is 14.6. The van der Waals surface area contributed by atoms with Crippen molar-refractivity contribution in [1.29, 1.82) is 0 Å². The fraction of sp³-hybridized carbons (Fsp3) is 0.571. The first-order valence-electron chi connectivity index (χ1n) is 6.65. The topological polar surface area (TPSA) is 47.7 Å². The van der Waals surface area contributed by atoms with Gasteiger partial charge in [-0.15, -0.1) is 0 Å². The average Bonchev–Trinajstić information content (AvgIpc) is 2.41. The van der Waals surface area contributed by atoms with Crippen LogP contribution in [0.3, 0.4) is 0 Å². The van der Waals surface area contributed by atoms with E-state index in [1.165, 1.54) is 0 Å². The van der Waals surface area contributed by atoms with Crippen molar-refractivity contribution in [2.75, 3.05) is 39.5 Å². The van der Waals surface area contributed by atoms with Crippen molar-refractivity contribution in [3.63, 3.8) is 0 Å². The summed E-state index contributed by atoms with van der Waals surface area (Å²) in [5.41, 5.74) is 6.83. The van der Waals surface area contributed by atoms with Crippen LogP contribution >= 0.6 is 11.6 Å². The zero-order chi connectivity index (χ0) is 13.7. The van der Waals surface area contributed by atoms with Gasteiger partial charge in [0.05, 0.1) is 18.2 Å². The number of hydrogen-bond donors (Lipinski definition) is 1. The van der Waals surface area contributed by atoms with Gasteiger partial charge in [-0.1, -0.05) is 17.7 Å². The molecule has 0 amide bonds. The molecular weight excluding hydrogens is 264 g/mol. The van der Waals surface area contributed by atoms with Gasteiger partial charge in [0.2, 0.25) is 0 Å². The maximum absolute atomic E-state index is 6.18. The highest BCUT2D eigenvalue weighted by molar-refractivity contribution is 6.32. The Morgan fingerprint density at radius 2 is 2.16 bits per heavy atom. The van der Waals surface area contributed by atoms with Crippen molar-refractivity contribution < 1.29 is 9.47 Å². The summed E-state index contributed by atoms with van der Waals surface area (Å²) in [5, 5.41) is 0.622. The number of benzene rings is 1. The molecule has 1 saturated heterocycles. The van der Waals surface area contributed by atoms with Crippen LogP contribution in [-0.2, 0) is 4.74 Å². The van der Waals surface area contributed by atoms with Gasteiger partial charge >= 0.3 is 0 Å². The molecule has 2 rings (SSSR count). The highest BCUT2D eigenvalue weighted by Crippen LogP contribution is 2.27. The lowest BCUT2D eigenvalue weighted by Gasteiger charge is -2.26. The van der Waals surface area contributed by atoms with Gasteiger partial charge in [-0.25, -0.2) is 0 Å². The number of nitrogens with zero attached hydrogens (tertiary/aromatic N) is 1. The molecule has 5 heteroatoms. The number of rotatable bonds is 5.